The zero-order chi connectivity index (χ0) is 14.9. The van der Waals surface area contributed by atoms with E-state index < -0.39 is 16.3 Å². The van der Waals surface area contributed by atoms with E-state index in [-0.39, 0.29) is 22.3 Å². The highest BCUT2D eigenvalue weighted by Crippen LogP contribution is 2.21. The van der Waals surface area contributed by atoms with E-state index in [0.29, 0.717) is 4.47 Å². The van der Waals surface area contributed by atoms with Gasteiger partial charge in [-0.2, -0.15) is 5.10 Å². The van der Waals surface area contributed by atoms with Gasteiger partial charge in [-0.05, 0) is 44.0 Å². The van der Waals surface area contributed by atoms with Gasteiger partial charge in [-0.15, -0.1) is 0 Å². The molecule has 2 rings (SSSR count). The summed E-state index contributed by atoms with van der Waals surface area (Å²) >= 11 is 6.20. The van der Waals surface area contributed by atoms with Gasteiger partial charge in [0.2, 0.25) is 0 Å². The van der Waals surface area contributed by atoms with Crippen molar-refractivity contribution in [3.8, 4) is 0 Å². The van der Waals surface area contributed by atoms with Crippen molar-refractivity contribution in [3.05, 3.63) is 65.2 Å². The van der Waals surface area contributed by atoms with Crippen LogP contribution in [0, 0.1) is 15.9 Å². The molecule has 6 nitrogen and oxygen atoms in total. The molecule has 0 radical (unpaired) electrons. The average molecular weight is 407 g/mol. The molecule has 0 aliphatic carbocycles. The van der Waals surface area contributed by atoms with E-state index in [1.165, 1.54) is 6.20 Å². The number of nitro groups is 1. The van der Waals surface area contributed by atoms with Crippen molar-refractivity contribution >= 4 is 37.5 Å². The molecule has 0 amide bonds. The molecule has 0 saturated heterocycles. The largest absolute Gasteiger partial charge is 0.282 e. The number of nitrogens with zero attached hydrogens (tertiary/aromatic N) is 3. The molecule has 0 spiro atoms. The molecular weight excluding hydrogens is 401 g/mol. The molecule has 0 atom stereocenters. The van der Waals surface area contributed by atoms with Crippen LogP contribution in [0.4, 0.5) is 10.1 Å². The smallest absolute Gasteiger partial charge is 0.266 e. The van der Waals surface area contributed by atoms with E-state index in [1.807, 2.05) is 0 Å². The lowest BCUT2D eigenvalue weighted by molar-refractivity contribution is -0.385. The van der Waals surface area contributed by atoms with Crippen LogP contribution in [0.25, 0.3) is 0 Å². The molecule has 0 unspecified atom stereocenters. The molecule has 0 aliphatic heterocycles. The highest BCUT2D eigenvalue weighted by Gasteiger charge is 2.16. The molecule has 0 fully saturated rings. The minimum absolute atomic E-state index is 0.0684. The number of hydrogen-bond acceptors (Lipinski definition) is 4. The summed E-state index contributed by atoms with van der Waals surface area (Å²) in [5, 5.41) is 14.7. The lowest BCUT2D eigenvalue weighted by Crippen LogP contribution is -2.24. The third kappa shape index (κ3) is 2.93. The fourth-order valence-corrected chi connectivity index (χ4v) is 2.15. The van der Waals surface area contributed by atoms with Crippen molar-refractivity contribution in [1.82, 2.24) is 9.78 Å². The van der Waals surface area contributed by atoms with Gasteiger partial charge in [0.25, 0.3) is 11.2 Å². The zero-order valence-corrected chi connectivity index (χ0v) is 12.9. The average Bonchev–Trinajstić information content (AvgIpc) is 2.39. The first kappa shape index (κ1) is 14.8. The standard InChI is InChI=1S/C11H6Br2FN3O3/c12-8-4-15-16(11(18)10(8)13)5-6-3-7(14)1-2-9(6)17(19)20/h1-4H,5H2. The van der Waals surface area contributed by atoms with E-state index in [1.54, 1.807) is 0 Å². The maximum absolute atomic E-state index is 13.2. The van der Waals surface area contributed by atoms with Crippen LogP contribution >= 0.6 is 31.9 Å². The monoisotopic (exact) mass is 405 g/mol. The van der Waals surface area contributed by atoms with Crippen LogP contribution in [0.3, 0.4) is 0 Å². The number of hydrogen-bond donors (Lipinski definition) is 0. The second-order valence-corrected chi connectivity index (χ2v) is 5.45. The summed E-state index contributed by atoms with van der Waals surface area (Å²) in [6.07, 6.45) is 1.37. The third-order valence-electron chi connectivity index (χ3n) is 2.50. The highest BCUT2D eigenvalue weighted by molar-refractivity contribution is 9.13. The van der Waals surface area contributed by atoms with Gasteiger partial charge in [-0.3, -0.25) is 14.9 Å². The molecule has 1 aromatic heterocycles. The van der Waals surface area contributed by atoms with Gasteiger partial charge in [0, 0.05) is 6.07 Å². The van der Waals surface area contributed by atoms with Crippen LogP contribution in [-0.4, -0.2) is 14.7 Å². The molecule has 0 bridgehead atoms. The molecule has 0 saturated carbocycles. The molecular formula is C11H6Br2FN3O3. The van der Waals surface area contributed by atoms with Gasteiger partial charge in [0.1, 0.15) is 10.3 Å². The highest BCUT2D eigenvalue weighted by atomic mass is 79.9. The summed E-state index contributed by atoms with van der Waals surface area (Å²) in [5.74, 6) is -0.616. The Morgan fingerprint density at radius 1 is 1.40 bits per heavy atom. The maximum atomic E-state index is 13.2. The summed E-state index contributed by atoms with van der Waals surface area (Å²) < 4.78 is 14.9. The predicted molar refractivity (Wildman–Crippen MR) is 76.1 cm³/mol. The number of aromatic nitrogens is 2. The second-order valence-electron chi connectivity index (χ2n) is 3.80. The summed E-state index contributed by atoms with van der Waals surface area (Å²) in [7, 11) is 0. The molecule has 1 aromatic carbocycles. The first-order chi connectivity index (χ1) is 9.40. The molecule has 1 heterocycles. The minimum atomic E-state index is -0.631. The fraction of sp³-hybridized carbons (Fsp3) is 0.0909. The first-order valence-corrected chi connectivity index (χ1v) is 6.82. The van der Waals surface area contributed by atoms with E-state index in [9.17, 15) is 19.3 Å². The normalized spacial score (nSPS) is 10.6. The molecule has 20 heavy (non-hydrogen) atoms. The Kier molecular flexibility index (Phi) is 4.29. The summed E-state index contributed by atoms with van der Waals surface area (Å²) in [4.78, 5) is 22.2. The second kappa shape index (κ2) is 5.80. The van der Waals surface area contributed by atoms with Crippen molar-refractivity contribution in [2.75, 3.05) is 0 Å². The van der Waals surface area contributed by atoms with Crippen LogP contribution in [0.1, 0.15) is 5.56 Å². The molecule has 9 heteroatoms. The van der Waals surface area contributed by atoms with Gasteiger partial charge in [-0.1, -0.05) is 0 Å². The Hall–Kier alpha value is -1.61. The Morgan fingerprint density at radius 3 is 2.75 bits per heavy atom. The molecule has 104 valence electrons. The quantitative estimate of drug-likeness (QED) is 0.580. The van der Waals surface area contributed by atoms with E-state index in [0.717, 1.165) is 22.9 Å². The number of benzene rings is 1. The maximum Gasteiger partial charge on any atom is 0.282 e. The molecule has 0 N–H and O–H groups in total. The van der Waals surface area contributed by atoms with Crippen LogP contribution in [0.15, 0.2) is 38.1 Å². The van der Waals surface area contributed by atoms with Crippen LogP contribution in [-0.2, 0) is 6.54 Å². The molecule has 0 aliphatic rings. The lowest BCUT2D eigenvalue weighted by atomic mass is 10.2. The van der Waals surface area contributed by atoms with Gasteiger partial charge in [0.15, 0.2) is 0 Å². The van der Waals surface area contributed by atoms with Crippen molar-refractivity contribution in [2.24, 2.45) is 0 Å². The lowest BCUT2D eigenvalue weighted by Gasteiger charge is -2.06. The summed E-state index contributed by atoms with van der Waals surface area (Å²) in [6, 6.07) is 3.07. The number of nitro benzene ring substituents is 1. The SMILES string of the molecule is O=c1c(Br)c(Br)cnn1Cc1cc(F)ccc1[N+](=O)[O-]. The fourth-order valence-electron chi connectivity index (χ4n) is 1.58. The van der Waals surface area contributed by atoms with Crippen molar-refractivity contribution in [1.29, 1.82) is 0 Å². The van der Waals surface area contributed by atoms with Gasteiger partial charge < -0.3 is 0 Å². The first-order valence-electron chi connectivity index (χ1n) is 5.24. The van der Waals surface area contributed by atoms with Gasteiger partial charge in [-0.25, -0.2) is 9.07 Å². The van der Waals surface area contributed by atoms with Crippen LogP contribution < -0.4 is 5.56 Å². The zero-order valence-electron chi connectivity index (χ0n) is 9.72. The third-order valence-corrected chi connectivity index (χ3v) is 4.40. The Bertz CT molecular complexity index is 748. The number of halogens is 3. The summed E-state index contributed by atoms with van der Waals surface area (Å²) in [5.41, 5.74) is -0.670. The van der Waals surface area contributed by atoms with Crippen molar-refractivity contribution in [2.45, 2.75) is 6.54 Å². The topological polar surface area (TPSA) is 78.0 Å². The minimum Gasteiger partial charge on any atom is -0.266 e. The van der Waals surface area contributed by atoms with Crippen LogP contribution in [0.5, 0.6) is 0 Å². The number of rotatable bonds is 3. The Labute approximate surface area is 128 Å². The van der Waals surface area contributed by atoms with Crippen molar-refractivity contribution < 1.29 is 9.31 Å². The van der Waals surface area contributed by atoms with Gasteiger partial charge >= 0.3 is 0 Å². The molecule has 2 aromatic rings. The van der Waals surface area contributed by atoms with E-state index >= 15 is 0 Å². The van der Waals surface area contributed by atoms with E-state index in [4.69, 9.17) is 0 Å². The predicted octanol–water partition coefficient (Wildman–Crippen LogP) is 2.86. The Morgan fingerprint density at radius 2 is 2.10 bits per heavy atom. The Balaban J connectivity index is 2.50. The van der Waals surface area contributed by atoms with Gasteiger partial charge in [0.05, 0.1) is 27.7 Å². The van der Waals surface area contributed by atoms with E-state index in [2.05, 4.69) is 37.0 Å². The summed E-state index contributed by atoms with van der Waals surface area (Å²) in [6.45, 7) is -0.196. The van der Waals surface area contributed by atoms with Crippen LogP contribution in [0.2, 0.25) is 0 Å². The van der Waals surface area contributed by atoms with Crippen molar-refractivity contribution in [3.63, 3.8) is 0 Å².